The Hall–Kier alpha value is -1.62. The van der Waals surface area contributed by atoms with E-state index in [1.807, 2.05) is 16.9 Å². The molecule has 2 aromatic heterocycles. The Labute approximate surface area is 100 Å². The molecule has 0 amide bonds. The molecular formula is C12H17N3O2. The fraction of sp³-hybridized carbons (Fsp3) is 0.500. The second kappa shape index (κ2) is 5.63. The molecule has 0 aliphatic carbocycles. The van der Waals surface area contributed by atoms with Crippen molar-refractivity contribution in [3.05, 3.63) is 24.2 Å². The van der Waals surface area contributed by atoms with Crippen molar-refractivity contribution in [2.75, 3.05) is 6.61 Å². The minimum Gasteiger partial charge on any atom is -0.396 e. The first-order valence-electron chi connectivity index (χ1n) is 5.92. The zero-order valence-electron chi connectivity index (χ0n) is 9.96. The normalized spacial score (nSPS) is 10.9. The van der Waals surface area contributed by atoms with Crippen LogP contribution in [0, 0.1) is 0 Å². The zero-order valence-corrected chi connectivity index (χ0v) is 9.96. The van der Waals surface area contributed by atoms with Crippen LogP contribution in [-0.2, 0) is 13.0 Å². The van der Waals surface area contributed by atoms with Gasteiger partial charge in [0, 0.05) is 37.4 Å². The molecule has 0 saturated heterocycles. The van der Waals surface area contributed by atoms with E-state index in [9.17, 15) is 0 Å². The van der Waals surface area contributed by atoms with Crippen LogP contribution < -0.4 is 0 Å². The molecule has 2 aromatic rings. The summed E-state index contributed by atoms with van der Waals surface area (Å²) in [6, 6.07) is 1.91. The molecule has 0 saturated carbocycles. The van der Waals surface area contributed by atoms with Gasteiger partial charge in [0.2, 0.25) is 0 Å². The number of aliphatic hydroxyl groups excluding tert-OH is 1. The lowest BCUT2D eigenvalue weighted by Gasteiger charge is -1.94. The zero-order chi connectivity index (χ0) is 12.1. The average Bonchev–Trinajstić information content (AvgIpc) is 2.95. The van der Waals surface area contributed by atoms with Crippen molar-refractivity contribution in [2.45, 2.75) is 32.7 Å². The number of nitrogens with zero attached hydrogens (tertiary/aromatic N) is 3. The molecule has 2 rings (SSSR count). The summed E-state index contributed by atoms with van der Waals surface area (Å²) < 4.78 is 7.09. The second-order valence-corrected chi connectivity index (χ2v) is 4.00. The van der Waals surface area contributed by atoms with Crippen LogP contribution >= 0.6 is 0 Å². The molecule has 0 atom stereocenters. The van der Waals surface area contributed by atoms with Crippen molar-refractivity contribution < 1.29 is 9.63 Å². The molecule has 0 unspecified atom stereocenters. The number of aryl methyl sites for hydroxylation is 2. The average molecular weight is 235 g/mol. The van der Waals surface area contributed by atoms with Gasteiger partial charge in [-0.05, 0) is 12.8 Å². The van der Waals surface area contributed by atoms with E-state index < -0.39 is 0 Å². The van der Waals surface area contributed by atoms with E-state index in [2.05, 4.69) is 17.2 Å². The first-order chi connectivity index (χ1) is 8.33. The van der Waals surface area contributed by atoms with Crippen LogP contribution in [-0.4, -0.2) is 26.7 Å². The highest BCUT2D eigenvalue weighted by Crippen LogP contribution is 2.19. The molecule has 1 N–H and O–H groups in total. The third kappa shape index (κ3) is 2.94. The molecule has 0 aromatic carbocycles. The van der Waals surface area contributed by atoms with Gasteiger partial charge in [-0.2, -0.15) is 5.10 Å². The van der Waals surface area contributed by atoms with E-state index in [-0.39, 0.29) is 6.61 Å². The SMILES string of the molecule is CCCn1cc(-c2cc(CCCO)on2)cn1. The summed E-state index contributed by atoms with van der Waals surface area (Å²) in [5, 5.41) is 17.0. The van der Waals surface area contributed by atoms with Gasteiger partial charge in [-0.25, -0.2) is 0 Å². The monoisotopic (exact) mass is 235 g/mol. The number of aromatic nitrogens is 3. The highest BCUT2D eigenvalue weighted by atomic mass is 16.5. The first-order valence-corrected chi connectivity index (χ1v) is 5.92. The van der Waals surface area contributed by atoms with Crippen LogP contribution in [0.15, 0.2) is 23.0 Å². The van der Waals surface area contributed by atoms with E-state index in [0.717, 1.165) is 30.0 Å². The molecule has 0 fully saturated rings. The maximum absolute atomic E-state index is 8.74. The molecule has 0 aliphatic rings. The molecule has 2 heterocycles. The molecular weight excluding hydrogens is 218 g/mol. The topological polar surface area (TPSA) is 64.1 Å². The summed E-state index contributed by atoms with van der Waals surface area (Å²) in [7, 11) is 0. The van der Waals surface area contributed by atoms with Gasteiger partial charge in [-0.1, -0.05) is 12.1 Å². The fourth-order valence-corrected chi connectivity index (χ4v) is 1.67. The van der Waals surface area contributed by atoms with Gasteiger partial charge in [0.25, 0.3) is 0 Å². The highest BCUT2D eigenvalue weighted by molar-refractivity contribution is 5.56. The molecule has 5 nitrogen and oxygen atoms in total. The molecule has 0 bridgehead atoms. The number of hydrogen-bond donors (Lipinski definition) is 1. The van der Waals surface area contributed by atoms with Crippen molar-refractivity contribution >= 4 is 0 Å². The van der Waals surface area contributed by atoms with Crippen LogP contribution in [0.4, 0.5) is 0 Å². The van der Waals surface area contributed by atoms with E-state index in [4.69, 9.17) is 9.63 Å². The minimum absolute atomic E-state index is 0.171. The smallest absolute Gasteiger partial charge is 0.137 e. The van der Waals surface area contributed by atoms with Gasteiger partial charge in [0.1, 0.15) is 11.5 Å². The quantitative estimate of drug-likeness (QED) is 0.830. The Kier molecular flexibility index (Phi) is 3.93. The highest BCUT2D eigenvalue weighted by Gasteiger charge is 2.08. The van der Waals surface area contributed by atoms with Gasteiger partial charge < -0.3 is 9.63 Å². The predicted molar refractivity (Wildman–Crippen MR) is 63.4 cm³/mol. The summed E-state index contributed by atoms with van der Waals surface area (Å²) in [5.74, 6) is 0.803. The maximum atomic E-state index is 8.74. The molecule has 17 heavy (non-hydrogen) atoms. The van der Waals surface area contributed by atoms with Crippen LogP contribution in [0.3, 0.4) is 0 Å². The van der Waals surface area contributed by atoms with Crippen LogP contribution in [0.5, 0.6) is 0 Å². The number of aliphatic hydroxyl groups is 1. The molecule has 0 spiro atoms. The van der Waals surface area contributed by atoms with Gasteiger partial charge in [0.15, 0.2) is 0 Å². The molecule has 0 aliphatic heterocycles. The minimum atomic E-state index is 0.171. The third-order valence-corrected chi connectivity index (χ3v) is 2.52. The van der Waals surface area contributed by atoms with E-state index in [1.165, 1.54) is 0 Å². The Bertz CT molecular complexity index is 462. The number of hydrogen-bond acceptors (Lipinski definition) is 4. The Morgan fingerprint density at radius 3 is 3.12 bits per heavy atom. The summed E-state index contributed by atoms with van der Waals surface area (Å²) in [6.07, 6.45) is 6.23. The van der Waals surface area contributed by atoms with Crippen molar-refractivity contribution in [3.63, 3.8) is 0 Å². The number of rotatable bonds is 6. The molecule has 0 radical (unpaired) electrons. The van der Waals surface area contributed by atoms with E-state index >= 15 is 0 Å². The van der Waals surface area contributed by atoms with Gasteiger partial charge in [-0.3, -0.25) is 4.68 Å². The van der Waals surface area contributed by atoms with E-state index in [1.54, 1.807) is 6.20 Å². The van der Waals surface area contributed by atoms with Crippen molar-refractivity contribution in [1.82, 2.24) is 14.9 Å². The summed E-state index contributed by atoms with van der Waals surface area (Å²) in [4.78, 5) is 0. The largest absolute Gasteiger partial charge is 0.396 e. The summed E-state index contributed by atoms with van der Waals surface area (Å²) in [5.41, 5.74) is 1.78. The Morgan fingerprint density at radius 2 is 2.35 bits per heavy atom. The lowest BCUT2D eigenvalue weighted by atomic mass is 10.2. The van der Waals surface area contributed by atoms with Crippen LogP contribution in [0.2, 0.25) is 0 Å². The van der Waals surface area contributed by atoms with Crippen LogP contribution in [0.25, 0.3) is 11.3 Å². The van der Waals surface area contributed by atoms with Crippen molar-refractivity contribution in [2.24, 2.45) is 0 Å². The summed E-state index contributed by atoms with van der Waals surface area (Å²) in [6.45, 7) is 3.20. The lowest BCUT2D eigenvalue weighted by molar-refractivity contribution is 0.280. The third-order valence-electron chi connectivity index (χ3n) is 2.52. The molecule has 92 valence electrons. The molecule has 5 heteroatoms. The van der Waals surface area contributed by atoms with Crippen molar-refractivity contribution in [3.8, 4) is 11.3 Å². The van der Waals surface area contributed by atoms with E-state index in [0.29, 0.717) is 12.8 Å². The first kappa shape index (κ1) is 11.9. The standard InChI is InChI=1S/C12H17N3O2/c1-2-5-15-9-10(8-13-15)12-7-11(17-14-12)4-3-6-16/h7-9,16H,2-6H2,1H3. The Morgan fingerprint density at radius 1 is 1.47 bits per heavy atom. The van der Waals surface area contributed by atoms with Crippen LogP contribution in [0.1, 0.15) is 25.5 Å². The second-order valence-electron chi connectivity index (χ2n) is 4.00. The summed E-state index contributed by atoms with van der Waals surface area (Å²) >= 11 is 0. The van der Waals surface area contributed by atoms with Gasteiger partial charge in [0.05, 0.1) is 6.20 Å². The van der Waals surface area contributed by atoms with Gasteiger partial charge in [-0.15, -0.1) is 0 Å². The lowest BCUT2D eigenvalue weighted by Crippen LogP contribution is -1.95. The van der Waals surface area contributed by atoms with Gasteiger partial charge >= 0.3 is 0 Å². The maximum Gasteiger partial charge on any atom is 0.137 e. The predicted octanol–water partition coefficient (Wildman–Crippen LogP) is 1.87. The van der Waals surface area contributed by atoms with Crippen molar-refractivity contribution in [1.29, 1.82) is 0 Å². The Balaban J connectivity index is 2.07. The fourth-order valence-electron chi connectivity index (χ4n) is 1.67.